The number of aromatic amines is 1. The minimum atomic E-state index is 0.900. The molecule has 1 aliphatic heterocycles. The van der Waals surface area contributed by atoms with E-state index < -0.39 is 0 Å². The van der Waals surface area contributed by atoms with Gasteiger partial charge in [-0.3, -0.25) is 0 Å². The molecule has 1 saturated heterocycles. The topological polar surface area (TPSA) is 44.4 Å². The van der Waals surface area contributed by atoms with Gasteiger partial charge in [-0.2, -0.15) is 0 Å². The predicted molar refractivity (Wildman–Crippen MR) is 98.1 cm³/mol. The van der Waals surface area contributed by atoms with Crippen molar-refractivity contribution in [3.8, 4) is 5.75 Å². The van der Waals surface area contributed by atoms with Gasteiger partial charge in [-0.05, 0) is 42.8 Å². The van der Waals surface area contributed by atoms with Crippen LogP contribution in [0.25, 0.3) is 11.0 Å². The second kappa shape index (κ2) is 6.43. The van der Waals surface area contributed by atoms with E-state index in [-0.39, 0.29) is 0 Å². The number of nitrogens with one attached hydrogen (secondary N) is 1. The van der Waals surface area contributed by atoms with Gasteiger partial charge < -0.3 is 19.5 Å². The molecule has 5 heteroatoms. The molecule has 1 aromatic heterocycles. The van der Waals surface area contributed by atoms with E-state index in [0.717, 1.165) is 55.3 Å². The van der Waals surface area contributed by atoms with Gasteiger partial charge in [0.2, 0.25) is 5.95 Å². The molecular weight excluding hydrogens is 300 g/mol. The minimum absolute atomic E-state index is 0.900. The molecule has 0 amide bonds. The zero-order valence-electron chi connectivity index (χ0n) is 13.9. The summed E-state index contributed by atoms with van der Waals surface area (Å²) in [5, 5.41) is 0. The SMILES string of the molecule is COc1ccc(N2CCCN(c3nc4ccccc4[nH]3)CC2)cc1. The summed E-state index contributed by atoms with van der Waals surface area (Å²) in [6.07, 6.45) is 1.11. The van der Waals surface area contributed by atoms with Crippen molar-refractivity contribution >= 4 is 22.7 Å². The molecule has 0 atom stereocenters. The Balaban J connectivity index is 1.49. The predicted octanol–water partition coefficient (Wildman–Crippen LogP) is 3.29. The van der Waals surface area contributed by atoms with Crippen LogP contribution in [0.15, 0.2) is 48.5 Å². The Bertz CT molecular complexity index is 779. The van der Waals surface area contributed by atoms with Crippen LogP contribution in [0.4, 0.5) is 11.6 Å². The molecular formula is C19H22N4O. The molecule has 3 aromatic rings. The van der Waals surface area contributed by atoms with Crippen molar-refractivity contribution in [2.45, 2.75) is 6.42 Å². The molecule has 2 aromatic carbocycles. The quantitative estimate of drug-likeness (QED) is 0.804. The average Bonchev–Trinajstić information content (AvgIpc) is 2.91. The van der Waals surface area contributed by atoms with E-state index in [4.69, 9.17) is 9.72 Å². The number of hydrogen-bond acceptors (Lipinski definition) is 4. The second-order valence-corrected chi connectivity index (χ2v) is 6.10. The molecule has 0 bridgehead atoms. The first-order chi connectivity index (χ1) is 11.8. The van der Waals surface area contributed by atoms with E-state index in [1.165, 1.54) is 5.69 Å². The van der Waals surface area contributed by atoms with Crippen LogP contribution in [-0.4, -0.2) is 43.3 Å². The third-order valence-electron chi connectivity index (χ3n) is 4.61. The molecule has 1 N–H and O–H groups in total. The largest absolute Gasteiger partial charge is 0.497 e. The van der Waals surface area contributed by atoms with E-state index in [2.05, 4.69) is 39.0 Å². The second-order valence-electron chi connectivity index (χ2n) is 6.10. The van der Waals surface area contributed by atoms with E-state index >= 15 is 0 Å². The molecule has 2 heterocycles. The third-order valence-corrected chi connectivity index (χ3v) is 4.61. The third kappa shape index (κ3) is 2.89. The fraction of sp³-hybridized carbons (Fsp3) is 0.316. The van der Waals surface area contributed by atoms with E-state index in [0.29, 0.717) is 0 Å². The van der Waals surface area contributed by atoms with Gasteiger partial charge in [0, 0.05) is 31.9 Å². The summed E-state index contributed by atoms with van der Waals surface area (Å²) in [5.74, 6) is 1.88. The average molecular weight is 322 g/mol. The van der Waals surface area contributed by atoms with Gasteiger partial charge in [-0.1, -0.05) is 12.1 Å². The smallest absolute Gasteiger partial charge is 0.203 e. The van der Waals surface area contributed by atoms with Crippen molar-refractivity contribution < 1.29 is 4.74 Å². The molecule has 1 fully saturated rings. The maximum atomic E-state index is 5.25. The normalized spacial score (nSPS) is 15.5. The minimum Gasteiger partial charge on any atom is -0.497 e. The van der Waals surface area contributed by atoms with Crippen LogP contribution < -0.4 is 14.5 Å². The van der Waals surface area contributed by atoms with Crippen LogP contribution in [0.5, 0.6) is 5.75 Å². The van der Waals surface area contributed by atoms with Crippen molar-refractivity contribution in [3.05, 3.63) is 48.5 Å². The zero-order chi connectivity index (χ0) is 16.4. The van der Waals surface area contributed by atoms with Gasteiger partial charge in [0.1, 0.15) is 5.75 Å². The Morgan fingerprint density at radius 1 is 0.917 bits per heavy atom. The number of imidazole rings is 1. The van der Waals surface area contributed by atoms with Crippen LogP contribution >= 0.6 is 0 Å². The lowest BCUT2D eigenvalue weighted by Crippen LogP contribution is -2.31. The highest BCUT2D eigenvalue weighted by atomic mass is 16.5. The van der Waals surface area contributed by atoms with Gasteiger partial charge in [0.15, 0.2) is 0 Å². The van der Waals surface area contributed by atoms with Crippen molar-refractivity contribution in [2.75, 3.05) is 43.1 Å². The first kappa shape index (κ1) is 14.9. The summed E-state index contributed by atoms with van der Waals surface area (Å²) < 4.78 is 5.25. The Hall–Kier alpha value is -2.69. The fourth-order valence-corrected chi connectivity index (χ4v) is 3.27. The van der Waals surface area contributed by atoms with E-state index in [1.54, 1.807) is 7.11 Å². The van der Waals surface area contributed by atoms with Crippen molar-refractivity contribution in [1.29, 1.82) is 0 Å². The Morgan fingerprint density at radius 3 is 2.46 bits per heavy atom. The molecule has 4 rings (SSSR count). The van der Waals surface area contributed by atoms with Crippen LogP contribution in [0.2, 0.25) is 0 Å². The lowest BCUT2D eigenvalue weighted by Gasteiger charge is -2.23. The number of aromatic nitrogens is 2. The number of nitrogens with zero attached hydrogens (tertiary/aromatic N) is 3. The summed E-state index contributed by atoms with van der Waals surface area (Å²) >= 11 is 0. The molecule has 0 radical (unpaired) electrons. The fourth-order valence-electron chi connectivity index (χ4n) is 3.27. The first-order valence-electron chi connectivity index (χ1n) is 8.42. The number of anilines is 2. The van der Waals surface area contributed by atoms with Gasteiger partial charge in [0.05, 0.1) is 18.1 Å². The molecule has 0 unspecified atom stereocenters. The van der Waals surface area contributed by atoms with E-state index in [9.17, 15) is 0 Å². The Morgan fingerprint density at radius 2 is 1.67 bits per heavy atom. The van der Waals surface area contributed by atoms with Crippen molar-refractivity contribution in [1.82, 2.24) is 9.97 Å². The zero-order valence-corrected chi connectivity index (χ0v) is 13.9. The van der Waals surface area contributed by atoms with Crippen molar-refractivity contribution in [2.24, 2.45) is 0 Å². The number of methoxy groups -OCH3 is 1. The van der Waals surface area contributed by atoms with Crippen LogP contribution in [0.1, 0.15) is 6.42 Å². The lowest BCUT2D eigenvalue weighted by molar-refractivity contribution is 0.415. The van der Waals surface area contributed by atoms with Gasteiger partial charge >= 0.3 is 0 Å². The van der Waals surface area contributed by atoms with Crippen LogP contribution in [0, 0.1) is 0 Å². The Labute approximate surface area is 141 Å². The molecule has 5 nitrogen and oxygen atoms in total. The monoisotopic (exact) mass is 322 g/mol. The maximum absolute atomic E-state index is 5.25. The number of rotatable bonds is 3. The molecule has 0 saturated carbocycles. The Kier molecular flexibility index (Phi) is 3.99. The first-order valence-corrected chi connectivity index (χ1v) is 8.42. The van der Waals surface area contributed by atoms with Crippen LogP contribution in [-0.2, 0) is 0 Å². The number of H-pyrrole nitrogens is 1. The molecule has 24 heavy (non-hydrogen) atoms. The number of para-hydroxylation sites is 2. The summed E-state index contributed by atoms with van der Waals surface area (Å²) in [7, 11) is 1.70. The molecule has 1 aliphatic rings. The summed E-state index contributed by atoms with van der Waals surface area (Å²) in [5.41, 5.74) is 3.38. The molecule has 0 aliphatic carbocycles. The number of ether oxygens (including phenoxy) is 1. The van der Waals surface area contributed by atoms with Crippen LogP contribution in [0.3, 0.4) is 0 Å². The van der Waals surface area contributed by atoms with Gasteiger partial charge in [-0.25, -0.2) is 4.98 Å². The highest BCUT2D eigenvalue weighted by molar-refractivity contribution is 5.77. The maximum Gasteiger partial charge on any atom is 0.203 e. The summed E-state index contributed by atoms with van der Waals surface area (Å²) in [6, 6.07) is 16.5. The van der Waals surface area contributed by atoms with Crippen molar-refractivity contribution in [3.63, 3.8) is 0 Å². The van der Waals surface area contributed by atoms with Gasteiger partial charge in [0.25, 0.3) is 0 Å². The molecule has 124 valence electrons. The van der Waals surface area contributed by atoms with E-state index in [1.807, 2.05) is 24.3 Å². The highest BCUT2D eigenvalue weighted by Crippen LogP contribution is 2.22. The molecule has 0 spiro atoms. The number of hydrogen-bond donors (Lipinski definition) is 1. The summed E-state index contributed by atoms with van der Waals surface area (Å²) in [4.78, 5) is 13.0. The standard InChI is InChI=1S/C19H22N4O/c1-24-16-9-7-15(8-10-16)22-11-4-12-23(14-13-22)19-20-17-5-2-3-6-18(17)21-19/h2-3,5-10H,4,11-14H2,1H3,(H,20,21). The lowest BCUT2D eigenvalue weighted by atomic mass is 10.2. The summed E-state index contributed by atoms with van der Waals surface area (Å²) in [6.45, 7) is 4.03. The number of benzene rings is 2. The highest BCUT2D eigenvalue weighted by Gasteiger charge is 2.18. The van der Waals surface area contributed by atoms with Gasteiger partial charge in [-0.15, -0.1) is 0 Å². The number of fused-ring (bicyclic) bond motifs is 1.